The lowest BCUT2D eigenvalue weighted by Gasteiger charge is -2.23. The van der Waals surface area contributed by atoms with E-state index in [1.807, 2.05) is 0 Å². The Labute approximate surface area is 260 Å². The number of rotatable bonds is 10. The van der Waals surface area contributed by atoms with Gasteiger partial charge in [0, 0.05) is 22.9 Å². The summed E-state index contributed by atoms with van der Waals surface area (Å²) in [6.07, 6.45) is -5.32. The van der Waals surface area contributed by atoms with E-state index in [4.69, 9.17) is 42.1 Å². The largest absolute Gasteiger partial charge is 0.490 e. The van der Waals surface area contributed by atoms with Gasteiger partial charge in [0.2, 0.25) is 0 Å². The van der Waals surface area contributed by atoms with E-state index < -0.39 is 35.8 Å². The highest BCUT2D eigenvalue weighted by Gasteiger charge is 2.38. The molecule has 0 saturated heterocycles. The van der Waals surface area contributed by atoms with E-state index in [1.165, 1.54) is 12.1 Å². The standard InChI is InChI=1S/C27H29ClFN5O4.C2HF3O2/c1-4-37-22-13-19(21(29)14-23(22)38-15(2)3)24(32-17-11-9-16(10-12-17)25(30)31)27(36)34-33-26(35)18-7-5-6-8-20(18)28;3-2(4,5)1(6)7/h5-15,24,32H,4H2,1-3H3,(H3,30,31)(H,33,35)(H,34,36);(H,6,7). The van der Waals surface area contributed by atoms with Crippen LogP contribution in [-0.4, -0.2) is 47.6 Å². The van der Waals surface area contributed by atoms with Crippen LogP contribution >= 0.6 is 11.6 Å². The van der Waals surface area contributed by atoms with Crippen LogP contribution in [0, 0.1) is 11.2 Å². The molecule has 45 heavy (non-hydrogen) atoms. The van der Waals surface area contributed by atoms with E-state index in [9.17, 15) is 22.8 Å². The lowest BCUT2D eigenvalue weighted by Crippen LogP contribution is -2.45. The molecular formula is C29H30ClF4N5O6. The third-order valence-corrected chi connectivity index (χ3v) is 5.80. The summed E-state index contributed by atoms with van der Waals surface area (Å²) < 4.78 is 58.5. The van der Waals surface area contributed by atoms with E-state index in [-0.39, 0.29) is 46.2 Å². The van der Waals surface area contributed by atoms with Crippen LogP contribution in [0.3, 0.4) is 0 Å². The number of anilines is 1. The Morgan fingerprint density at radius 3 is 2.13 bits per heavy atom. The summed E-state index contributed by atoms with van der Waals surface area (Å²) in [5.41, 5.74) is 11.2. The van der Waals surface area contributed by atoms with Gasteiger partial charge < -0.3 is 25.6 Å². The molecule has 2 amide bonds. The third kappa shape index (κ3) is 10.9. The maximum absolute atomic E-state index is 15.4. The van der Waals surface area contributed by atoms with E-state index in [0.717, 1.165) is 6.07 Å². The summed E-state index contributed by atoms with van der Waals surface area (Å²) in [5.74, 6) is -4.57. The van der Waals surface area contributed by atoms with Crippen LogP contribution in [0.5, 0.6) is 11.5 Å². The minimum absolute atomic E-state index is 0.0512. The van der Waals surface area contributed by atoms with Crippen molar-refractivity contribution in [1.82, 2.24) is 10.9 Å². The van der Waals surface area contributed by atoms with Crippen LogP contribution in [0.15, 0.2) is 60.7 Å². The van der Waals surface area contributed by atoms with Gasteiger partial charge in [0.25, 0.3) is 11.8 Å². The number of carbonyl (C=O) groups is 3. The molecule has 11 nitrogen and oxygen atoms in total. The molecular weight excluding hydrogens is 626 g/mol. The molecule has 0 aliphatic heterocycles. The fraction of sp³-hybridized carbons (Fsp3) is 0.241. The van der Waals surface area contributed by atoms with Crippen molar-refractivity contribution in [2.24, 2.45) is 5.73 Å². The van der Waals surface area contributed by atoms with Crippen molar-refractivity contribution < 1.29 is 46.5 Å². The molecule has 0 aromatic heterocycles. The number of aliphatic carboxylic acids is 1. The SMILES string of the molecule is CCOc1cc(C(Nc2ccc(C(=N)N)cc2)C(=O)NNC(=O)c2ccccc2Cl)c(F)cc1OC(C)C.O=C(O)C(F)(F)F. The number of hydrogen-bond acceptors (Lipinski definition) is 7. The Kier molecular flexibility index (Phi) is 13.0. The average Bonchev–Trinajstić information content (AvgIpc) is 2.96. The summed E-state index contributed by atoms with van der Waals surface area (Å²) in [5, 5.41) is 17.9. The van der Waals surface area contributed by atoms with Crippen LogP contribution in [0.2, 0.25) is 5.02 Å². The van der Waals surface area contributed by atoms with Gasteiger partial charge in [-0.3, -0.25) is 25.8 Å². The van der Waals surface area contributed by atoms with E-state index in [0.29, 0.717) is 11.3 Å². The molecule has 1 atom stereocenters. The quantitative estimate of drug-likeness (QED) is 0.0748. The topological polar surface area (TPSA) is 176 Å². The number of ether oxygens (including phenoxy) is 2. The Balaban J connectivity index is 0.000000900. The first kappa shape index (κ1) is 36.1. The Bertz CT molecular complexity index is 1520. The number of amidine groups is 1. The van der Waals surface area contributed by atoms with Crippen molar-refractivity contribution in [2.45, 2.75) is 39.1 Å². The highest BCUT2D eigenvalue weighted by molar-refractivity contribution is 6.33. The first-order valence-corrected chi connectivity index (χ1v) is 13.4. The minimum atomic E-state index is -5.08. The minimum Gasteiger partial charge on any atom is -0.490 e. The Hall–Kier alpha value is -5.05. The van der Waals surface area contributed by atoms with Gasteiger partial charge in [0.05, 0.1) is 23.3 Å². The molecule has 3 aromatic rings. The Morgan fingerprint density at radius 2 is 1.62 bits per heavy atom. The number of alkyl halides is 3. The van der Waals surface area contributed by atoms with Gasteiger partial charge in [-0.2, -0.15) is 13.2 Å². The second-order valence-corrected chi connectivity index (χ2v) is 9.62. The van der Waals surface area contributed by atoms with Gasteiger partial charge in [-0.25, -0.2) is 9.18 Å². The number of nitrogen functional groups attached to an aromatic ring is 1. The smallest absolute Gasteiger partial charge is 0.490 e. The van der Waals surface area contributed by atoms with Crippen LogP contribution in [0.4, 0.5) is 23.2 Å². The lowest BCUT2D eigenvalue weighted by molar-refractivity contribution is -0.192. The van der Waals surface area contributed by atoms with Gasteiger partial charge >= 0.3 is 12.1 Å². The highest BCUT2D eigenvalue weighted by atomic mass is 35.5. The monoisotopic (exact) mass is 655 g/mol. The molecule has 0 heterocycles. The van der Waals surface area contributed by atoms with Gasteiger partial charge in [-0.15, -0.1) is 0 Å². The molecule has 3 aromatic carbocycles. The van der Waals surface area contributed by atoms with Crippen LogP contribution in [0.25, 0.3) is 0 Å². The first-order valence-electron chi connectivity index (χ1n) is 13.0. The van der Waals surface area contributed by atoms with Crippen molar-refractivity contribution in [3.8, 4) is 11.5 Å². The number of hydrazine groups is 1. The van der Waals surface area contributed by atoms with Gasteiger partial charge in [-0.05, 0) is 63.2 Å². The zero-order valence-corrected chi connectivity index (χ0v) is 24.8. The van der Waals surface area contributed by atoms with E-state index in [2.05, 4.69) is 16.2 Å². The maximum Gasteiger partial charge on any atom is 0.490 e. The van der Waals surface area contributed by atoms with Crippen molar-refractivity contribution in [2.75, 3.05) is 11.9 Å². The predicted molar refractivity (Wildman–Crippen MR) is 158 cm³/mol. The summed E-state index contributed by atoms with van der Waals surface area (Å²) in [6.45, 7) is 5.65. The number of nitrogens with one attached hydrogen (secondary N) is 4. The summed E-state index contributed by atoms with van der Waals surface area (Å²) >= 11 is 6.07. The zero-order chi connectivity index (χ0) is 33.9. The molecule has 0 spiro atoms. The number of carboxylic acid groups (broad SMARTS) is 1. The number of benzene rings is 3. The number of amides is 2. The summed E-state index contributed by atoms with van der Waals surface area (Å²) in [6, 6.07) is 13.9. The fourth-order valence-electron chi connectivity index (χ4n) is 3.49. The summed E-state index contributed by atoms with van der Waals surface area (Å²) in [7, 11) is 0. The predicted octanol–water partition coefficient (Wildman–Crippen LogP) is 5.20. The van der Waals surface area contributed by atoms with Gasteiger partial charge in [-0.1, -0.05) is 23.7 Å². The number of halogens is 5. The fourth-order valence-corrected chi connectivity index (χ4v) is 3.71. The number of carboxylic acids is 1. The average molecular weight is 656 g/mol. The van der Waals surface area contributed by atoms with E-state index >= 15 is 4.39 Å². The molecule has 1 unspecified atom stereocenters. The molecule has 242 valence electrons. The molecule has 0 fully saturated rings. The van der Waals surface area contributed by atoms with Crippen LogP contribution < -0.4 is 31.4 Å². The molecule has 0 bridgehead atoms. The second-order valence-electron chi connectivity index (χ2n) is 9.21. The zero-order valence-electron chi connectivity index (χ0n) is 24.1. The number of carbonyl (C=O) groups excluding carboxylic acids is 2. The van der Waals surface area contributed by atoms with Crippen molar-refractivity contribution in [3.63, 3.8) is 0 Å². The van der Waals surface area contributed by atoms with Crippen LogP contribution in [0.1, 0.15) is 48.3 Å². The number of hydrogen-bond donors (Lipinski definition) is 6. The molecule has 3 rings (SSSR count). The van der Waals surface area contributed by atoms with Gasteiger partial charge in [0.1, 0.15) is 17.7 Å². The second kappa shape index (κ2) is 16.1. The normalized spacial score (nSPS) is 11.4. The number of nitrogens with two attached hydrogens (primary N) is 1. The van der Waals surface area contributed by atoms with Crippen LogP contribution in [-0.2, 0) is 9.59 Å². The molecule has 16 heteroatoms. The molecule has 0 aliphatic rings. The van der Waals surface area contributed by atoms with E-state index in [1.54, 1.807) is 63.2 Å². The van der Waals surface area contributed by atoms with Gasteiger partial charge in [0.15, 0.2) is 11.5 Å². The molecule has 0 saturated carbocycles. The van der Waals surface area contributed by atoms with Crippen molar-refractivity contribution >= 4 is 40.9 Å². The lowest BCUT2D eigenvalue weighted by atomic mass is 10.0. The summed E-state index contributed by atoms with van der Waals surface area (Å²) in [4.78, 5) is 34.8. The van der Waals surface area contributed by atoms with Crippen molar-refractivity contribution in [1.29, 1.82) is 5.41 Å². The first-order chi connectivity index (χ1) is 21.0. The molecule has 0 radical (unpaired) electrons. The highest BCUT2D eigenvalue weighted by Crippen LogP contribution is 2.35. The third-order valence-electron chi connectivity index (χ3n) is 5.47. The molecule has 0 aliphatic carbocycles. The maximum atomic E-state index is 15.4. The van der Waals surface area contributed by atoms with Crippen molar-refractivity contribution in [3.05, 3.63) is 88.2 Å². The Morgan fingerprint density at radius 1 is 1.02 bits per heavy atom. The molecule has 7 N–H and O–H groups in total.